The first-order valence-electron chi connectivity index (χ1n) is 12.8. The molecule has 0 bridgehead atoms. The number of nitrogens with zero attached hydrogens (tertiary/aromatic N) is 1. The number of H-pyrrole nitrogens is 1. The summed E-state index contributed by atoms with van der Waals surface area (Å²) in [5, 5.41) is 49.9. The fraction of sp³-hybridized carbons (Fsp3) is 0.615. The molecule has 3 rings (SSSR count). The molecule has 12 nitrogen and oxygen atoms in total. The van der Waals surface area contributed by atoms with Crippen molar-refractivity contribution in [3.8, 4) is 11.6 Å². The maximum absolute atomic E-state index is 11.8. The Bertz CT molecular complexity index is 1030. The van der Waals surface area contributed by atoms with E-state index < -0.39 is 42.9 Å². The highest BCUT2D eigenvalue weighted by molar-refractivity contribution is 5.84. The van der Waals surface area contributed by atoms with Crippen molar-refractivity contribution >= 4 is 5.91 Å². The molecule has 2 aromatic rings. The van der Waals surface area contributed by atoms with Crippen molar-refractivity contribution < 1.29 is 39.4 Å². The molecule has 1 fully saturated rings. The average molecular weight is 537 g/mol. The van der Waals surface area contributed by atoms with Crippen LogP contribution in [0.1, 0.15) is 56.9 Å². The minimum Gasteiger partial charge on any atom is -0.494 e. The van der Waals surface area contributed by atoms with Crippen molar-refractivity contribution in [3.63, 3.8) is 0 Å². The predicted octanol–water partition coefficient (Wildman–Crippen LogP) is -0.0750. The van der Waals surface area contributed by atoms with Gasteiger partial charge in [0, 0.05) is 24.2 Å². The van der Waals surface area contributed by atoms with Crippen LogP contribution >= 0.6 is 0 Å². The van der Waals surface area contributed by atoms with Gasteiger partial charge in [-0.3, -0.25) is 9.89 Å². The molecule has 0 radical (unpaired) electrons. The SMILES string of the molecule is CC(C)c1[nH]nc(OC2O[C@H](CO)[C@@H](O)[C@H](O)[C@H]2O)c1Cc1ccc(OCCCNC(=O)C(C)(C)N)cc1. The average Bonchev–Trinajstić information content (AvgIpc) is 3.26. The molecule has 0 spiro atoms. The molecule has 1 saturated heterocycles. The van der Waals surface area contributed by atoms with Gasteiger partial charge in [0.1, 0.15) is 30.2 Å². The zero-order valence-corrected chi connectivity index (χ0v) is 22.3. The second kappa shape index (κ2) is 12.9. The summed E-state index contributed by atoms with van der Waals surface area (Å²) in [6.45, 7) is 7.65. The molecule has 2 heterocycles. The number of ether oxygens (including phenoxy) is 3. The van der Waals surface area contributed by atoms with E-state index in [1.54, 1.807) is 13.8 Å². The van der Waals surface area contributed by atoms with E-state index in [0.29, 0.717) is 31.7 Å². The van der Waals surface area contributed by atoms with Crippen molar-refractivity contribution in [2.24, 2.45) is 5.73 Å². The maximum atomic E-state index is 11.8. The molecule has 0 aliphatic carbocycles. The number of amides is 1. The molecule has 5 atom stereocenters. The quantitative estimate of drug-likeness (QED) is 0.181. The number of aromatic amines is 1. The third-order valence-corrected chi connectivity index (χ3v) is 6.28. The third-order valence-electron chi connectivity index (χ3n) is 6.28. The number of carbonyl (C=O) groups excluding carboxylic acids is 1. The molecule has 1 aliphatic heterocycles. The number of benzene rings is 1. The van der Waals surface area contributed by atoms with Crippen LogP contribution in [-0.2, 0) is 16.0 Å². The van der Waals surface area contributed by atoms with Crippen LogP contribution < -0.4 is 20.5 Å². The molecule has 8 N–H and O–H groups in total. The van der Waals surface area contributed by atoms with Crippen molar-refractivity contribution in [2.45, 2.75) is 82.7 Å². The van der Waals surface area contributed by atoms with Gasteiger partial charge in [-0.15, -0.1) is 5.10 Å². The molecule has 1 aromatic carbocycles. The molecule has 1 aliphatic rings. The summed E-state index contributed by atoms with van der Waals surface area (Å²) in [5.41, 5.74) is 7.39. The smallest absolute Gasteiger partial charge is 0.239 e. The monoisotopic (exact) mass is 536 g/mol. The van der Waals surface area contributed by atoms with E-state index in [2.05, 4.69) is 15.5 Å². The first kappa shape index (κ1) is 29.8. The number of hydrogen-bond donors (Lipinski definition) is 7. The highest BCUT2D eigenvalue weighted by Gasteiger charge is 2.45. The van der Waals surface area contributed by atoms with Gasteiger partial charge in [-0.2, -0.15) is 0 Å². The minimum absolute atomic E-state index is 0.0950. The van der Waals surface area contributed by atoms with Crippen LogP contribution in [0.15, 0.2) is 24.3 Å². The first-order valence-corrected chi connectivity index (χ1v) is 12.8. The lowest BCUT2D eigenvalue weighted by molar-refractivity contribution is -0.278. The van der Waals surface area contributed by atoms with E-state index in [1.807, 2.05) is 38.1 Å². The minimum atomic E-state index is -1.55. The van der Waals surface area contributed by atoms with E-state index in [9.17, 15) is 25.2 Å². The Morgan fingerprint density at radius 1 is 1.18 bits per heavy atom. The number of aromatic nitrogens is 2. The predicted molar refractivity (Wildman–Crippen MR) is 138 cm³/mol. The van der Waals surface area contributed by atoms with Gasteiger partial charge in [-0.1, -0.05) is 26.0 Å². The number of rotatable bonds is 12. The lowest BCUT2D eigenvalue weighted by atomic mass is 9.98. The highest BCUT2D eigenvalue weighted by Crippen LogP contribution is 2.31. The molecule has 0 saturated carbocycles. The number of aliphatic hydroxyl groups excluding tert-OH is 4. The largest absolute Gasteiger partial charge is 0.494 e. The zero-order valence-electron chi connectivity index (χ0n) is 22.3. The number of carbonyl (C=O) groups is 1. The van der Waals surface area contributed by atoms with Crippen molar-refractivity contribution in [3.05, 3.63) is 41.1 Å². The molecule has 1 unspecified atom stereocenters. The number of nitrogens with one attached hydrogen (secondary N) is 2. The molecule has 212 valence electrons. The fourth-order valence-corrected chi connectivity index (χ4v) is 3.98. The Labute approximate surface area is 222 Å². The molecule has 1 amide bonds. The van der Waals surface area contributed by atoms with Crippen LogP contribution in [0.5, 0.6) is 11.6 Å². The van der Waals surface area contributed by atoms with Crippen molar-refractivity contribution in [2.75, 3.05) is 19.8 Å². The first-order chi connectivity index (χ1) is 17.9. The summed E-state index contributed by atoms with van der Waals surface area (Å²) < 4.78 is 17.1. The van der Waals surface area contributed by atoms with Crippen molar-refractivity contribution in [1.29, 1.82) is 0 Å². The van der Waals surface area contributed by atoms with E-state index in [-0.39, 0.29) is 17.7 Å². The summed E-state index contributed by atoms with van der Waals surface area (Å²) in [4.78, 5) is 11.8. The van der Waals surface area contributed by atoms with Gasteiger partial charge in [0.2, 0.25) is 18.1 Å². The Hall–Kier alpha value is -2.74. The lowest BCUT2D eigenvalue weighted by Crippen LogP contribution is -2.60. The number of hydrogen-bond acceptors (Lipinski definition) is 10. The van der Waals surface area contributed by atoms with Crippen LogP contribution in [0.2, 0.25) is 0 Å². The Kier molecular flexibility index (Phi) is 10.1. The summed E-state index contributed by atoms with van der Waals surface area (Å²) in [6, 6.07) is 7.54. The Morgan fingerprint density at radius 2 is 1.87 bits per heavy atom. The Morgan fingerprint density at radius 3 is 2.47 bits per heavy atom. The summed E-state index contributed by atoms with van der Waals surface area (Å²) >= 11 is 0. The van der Waals surface area contributed by atoms with Gasteiger partial charge >= 0.3 is 0 Å². The second-order valence-corrected chi connectivity index (χ2v) is 10.4. The maximum Gasteiger partial charge on any atom is 0.239 e. The van der Waals surface area contributed by atoms with E-state index in [0.717, 1.165) is 16.8 Å². The van der Waals surface area contributed by atoms with Gasteiger partial charge in [0.15, 0.2) is 0 Å². The van der Waals surface area contributed by atoms with E-state index >= 15 is 0 Å². The zero-order chi connectivity index (χ0) is 28.0. The van der Waals surface area contributed by atoms with Crippen molar-refractivity contribution in [1.82, 2.24) is 15.5 Å². The van der Waals surface area contributed by atoms with E-state index in [1.165, 1.54) is 0 Å². The third kappa shape index (κ3) is 7.43. The molecular formula is C26H40N4O8. The van der Waals surface area contributed by atoms with Crippen LogP contribution in [0.4, 0.5) is 0 Å². The van der Waals surface area contributed by atoms with Crippen LogP contribution in [0.25, 0.3) is 0 Å². The van der Waals surface area contributed by atoms with Crippen LogP contribution in [0, 0.1) is 0 Å². The molecule has 1 aromatic heterocycles. The topological polar surface area (TPSA) is 192 Å². The second-order valence-electron chi connectivity index (χ2n) is 10.4. The fourth-order valence-electron chi connectivity index (χ4n) is 3.98. The van der Waals surface area contributed by atoms with Gasteiger partial charge < -0.3 is 45.7 Å². The molecular weight excluding hydrogens is 496 g/mol. The number of aliphatic hydroxyl groups is 4. The standard InChI is InChI=1S/C26H40N4O8/c1-14(2)19-17(23(30-29-19)38-24-22(34)21(33)20(32)18(13-31)37-24)12-15-6-8-16(9-7-15)36-11-5-10-28-25(35)26(3,4)27/h6-9,14,18,20-22,24,31-34H,5,10-13,27H2,1-4H3,(H,28,35)(H,29,30)/t18-,20-,21+,22-,24?/m1/s1. The summed E-state index contributed by atoms with van der Waals surface area (Å²) in [5.74, 6) is 0.767. The lowest BCUT2D eigenvalue weighted by Gasteiger charge is -2.39. The summed E-state index contributed by atoms with van der Waals surface area (Å²) in [6.07, 6.45) is -5.88. The summed E-state index contributed by atoms with van der Waals surface area (Å²) in [7, 11) is 0. The van der Waals surface area contributed by atoms with E-state index in [4.69, 9.17) is 19.9 Å². The van der Waals surface area contributed by atoms with Crippen LogP contribution in [-0.4, -0.2) is 92.5 Å². The van der Waals surface area contributed by atoms with Crippen LogP contribution in [0.3, 0.4) is 0 Å². The van der Waals surface area contributed by atoms with Gasteiger partial charge in [0.05, 0.1) is 18.8 Å². The molecule has 12 heteroatoms. The van der Waals surface area contributed by atoms with Gasteiger partial charge in [0.25, 0.3) is 0 Å². The molecule has 38 heavy (non-hydrogen) atoms. The Balaban J connectivity index is 1.62. The number of nitrogens with two attached hydrogens (primary N) is 1. The van der Waals surface area contributed by atoms with Gasteiger partial charge in [-0.05, 0) is 43.9 Å². The highest BCUT2D eigenvalue weighted by atomic mass is 16.7. The normalized spacial score (nSPS) is 23.9. The van der Waals surface area contributed by atoms with Gasteiger partial charge in [-0.25, -0.2) is 0 Å².